The molecule has 1 aromatic heterocycles. The number of amides is 1. The maximum Gasteiger partial charge on any atom is 0.341 e. The molecular formula is C18H18INO3S. The topological polar surface area (TPSA) is 55.4 Å². The highest BCUT2D eigenvalue weighted by Crippen LogP contribution is 2.38. The van der Waals surface area contributed by atoms with E-state index in [4.69, 9.17) is 4.74 Å². The number of hydrogen-bond donors (Lipinski definition) is 1. The summed E-state index contributed by atoms with van der Waals surface area (Å²) in [6.45, 7) is 0. The third-order valence-corrected chi connectivity index (χ3v) is 6.30. The fraction of sp³-hybridized carbons (Fsp3) is 0.333. The molecule has 126 valence electrons. The number of esters is 1. The summed E-state index contributed by atoms with van der Waals surface area (Å²) >= 11 is 3.65. The van der Waals surface area contributed by atoms with Gasteiger partial charge in [0.1, 0.15) is 5.00 Å². The number of nitrogens with one attached hydrogen (secondary N) is 1. The number of carbonyl (C=O) groups is 2. The van der Waals surface area contributed by atoms with Gasteiger partial charge in [0.2, 0.25) is 0 Å². The van der Waals surface area contributed by atoms with Crippen molar-refractivity contribution in [3.63, 3.8) is 0 Å². The van der Waals surface area contributed by atoms with Crippen molar-refractivity contribution >= 4 is 50.8 Å². The molecule has 0 unspecified atom stereocenters. The van der Waals surface area contributed by atoms with Crippen LogP contribution < -0.4 is 5.32 Å². The number of rotatable bonds is 3. The molecule has 1 heterocycles. The monoisotopic (exact) mass is 455 g/mol. The predicted molar refractivity (Wildman–Crippen MR) is 104 cm³/mol. The van der Waals surface area contributed by atoms with Crippen molar-refractivity contribution in [2.45, 2.75) is 32.1 Å². The number of halogens is 1. The standard InChI is InChI=1S/C18H18INO3S/c1-23-18(22)15-12-8-3-2-4-10-14(12)24-17(15)20-16(21)11-7-5-6-9-13(11)19/h5-7,9H,2-4,8,10H2,1H3,(H,20,21). The Hall–Kier alpha value is -1.41. The molecule has 0 atom stereocenters. The van der Waals surface area contributed by atoms with Crippen LogP contribution in [0.2, 0.25) is 0 Å². The van der Waals surface area contributed by atoms with Gasteiger partial charge in [-0.1, -0.05) is 18.6 Å². The van der Waals surface area contributed by atoms with Gasteiger partial charge in [-0.3, -0.25) is 4.79 Å². The van der Waals surface area contributed by atoms with Crippen LogP contribution in [0.15, 0.2) is 24.3 Å². The molecular weight excluding hydrogens is 437 g/mol. The summed E-state index contributed by atoms with van der Waals surface area (Å²) in [5.74, 6) is -0.561. The summed E-state index contributed by atoms with van der Waals surface area (Å²) in [7, 11) is 1.38. The predicted octanol–water partition coefficient (Wildman–Crippen LogP) is 4.66. The first kappa shape index (κ1) is 17.4. The Labute approximate surface area is 158 Å². The van der Waals surface area contributed by atoms with Gasteiger partial charge in [0.05, 0.1) is 18.2 Å². The van der Waals surface area contributed by atoms with Gasteiger partial charge in [0, 0.05) is 8.45 Å². The number of ether oxygens (including phenoxy) is 1. The van der Waals surface area contributed by atoms with Gasteiger partial charge in [-0.2, -0.15) is 0 Å². The van der Waals surface area contributed by atoms with Gasteiger partial charge in [0.25, 0.3) is 5.91 Å². The lowest BCUT2D eigenvalue weighted by molar-refractivity contribution is 0.0601. The van der Waals surface area contributed by atoms with Crippen LogP contribution in [0.25, 0.3) is 0 Å². The highest BCUT2D eigenvalue weighted by Gasteiger charge is 2.26. The highest BCUT2D eigenvalue weighted by molar-refractivity contribution is 14.1. The number of aryl methyl sites for hydroxylation is 1. The van der Waals surface area contributed by atoms with Crippen molar-refractivity contribution < 1.29 is 14.3 Å². The number of methoxy groups -OCH3 is 1. The SMILES string of the molecule is COC(=O)c1c(NC(=O)c2ccccc2I)sc2c1CCCCC2. The van der Waals surface area contributed by atoms with Gasteiger partial charge in [0.15, 0.2) is 0 Å². The molecule has 0 saturated carbocycles. The van der Waals surface area contributed by atoms with Crippen LogP contribution in [0.5, 0.6) is 0 Å². The molecule has 0 saturated heterocycles. The number of thiophene rings is 1. The minimum absolute atomic E-state index is 0.193. The van der Waals surface area contributed by atoms with Crippen molar-refractivity contribution in [2.24, 2.45) is 0 Å². The Bertz CT molecular complexity index is 785. The van der Waals surface area contributed by atoms with E-state index in [0.717, 1.165) is 34.8 Å². The molecule has 1 aromatic carbocycles. The number of carbonyl (C=O) groups excluding carboxylic acids is 2. The van der Waals surface area contributed by atoms with Crippen molar-refractivity contribution in [1.29, 1.82) is 0 Å². The molecule has 1 N–H and O–H groups in total. The van der Waals surface area contributed by atoms with Gasteiger partial charge in [-0.15, -0.1) is 11.3 Å². The van der Waals surface area contributed by atoms with Crippen molar-refractivity contribution in [1.82, 2.24) is 0 Å². The summed E-state index contributed by atoms with van der Waals surface area (Å²) in [5, 5.41) is 3.54. The van der Waals surface area contributed by atoms with Crippen LogP contribution in [0.3, 0.4) is 0 Å². The second kappa shape index (κ2) is 7.65. The summed E-state index contributed by atoms with van der Waals surface area (Å²) < 4.78 is 5.85. The molecule has 4 nitrogen and oxygen atoms in total. The molecule has 1 aliphatic carbocycles. The van der Waals surface area contributed by atoms with E-state index in [1.165, 1.54) is 29.7 Å². The molecule has 2 aromatic rings. The maximum absolute atomic E-state index is 12.6. The average molecular weight is 455 g/mol. The van der Waals surface area contributed by atoms with Crippen LogP contribution in [-0.4, -0.2) is 19.0 Å². The van der Waals surface area contributed by atoms with Crippen molar-refractivity contribution in [2.75, 3.05) is 12.4 Å². The van der Waals surface area contributed by atoms with E-state index in [2.05, 4.69) is 27.9 Å². The summed E-state index contributed by atoms with van der Waals surface area (Å²) in [6.07, 6.45) is 5.19. The molecule has 0 bridgehead atoms. The molecule has 0 fully saturated rings. The molecule has 6 heteroatoms. The largest absolute Gasteiger partial charge is 0.465 e. The van der Waals surface area contributed by atoms with Crippen LogP contribution in [0.4, 0.5) is 5.00 Å². The zero-order chi connectivity index (χ0) is 17.1. The zero-order valence-corrected chi connectivity index (χ0v) is 16.3. The third kappa shape index (κ3) is 3.49. The number of hydrogen-bond acceptors (Lipinski definition) is 4. The minimum atomic E-state index is -0.368. The first-order valence-corrected chi connectivity index (χ1v) is 9.80. The van der Waals surface area contributed by atoms with E-state index in [1.807, 2.05) is 18.2 Å². The first-order chi connectivity index (χ1) is 11.6. The molecule has 1 aliphatic rings. The second-order valence-electron chi connectivity index (χ2n) is 5.69. The quantitative estimate of drug-likeness (QED) is 0.416. The van der Waals surface area contributed by atoms with E-state index in [0.29, 0.717) is 16.1 Å². The minimum Gasteiger partial charge on any atom is -0.465 e. The van der Waals surface area contributed by atoms with E-state index < -0.39 is 0 Å². The third-order valence-electron chi connectivity index (χ3n) is 4.16. The van der Waals surface area contributed by atoms with Gasteiger partial charge in [-0.05, 0) is 66.0 Å². The second-order valence-corrected chi connectivity index (χ2v) is 7.96. The lowest BCUT2D eigenvalue weighted by Crippen LogP contribution is -2.15. The average Bonchev–Trinajstić information content (AvgIpc) is 2.75. The van der Waals surface area contributed by atoms with E-state index in [1.54, 1.807) is 6.07 Å². The molecule has 0 aliphatic heterocycles. The Morgan fingerprint density at radius 2 is 1.92 bits per heavy atom. The Balaban J connectivity index is 1.97. The van der Waals surface area contributed by atoms with Crippen LogP contribution >= 0.6 is 33.9 Å². The van der Waals surface area contributed by atoms with Crippen LogP contribution in [-0.2, 0) is 17.6 Å². The normalized spacial score (nSPS) is 13.8. The molecule has 3 rings (SSSR count). The van der Waals surface area contributed by atoms with Gasteiger partial charge < -0.3 is 10.1 Å². The van der Waals surface area contributed by atoms with E-state index in [9.17, 15) is 9.59 Å². The maximum atomic E-state index is 12.6. The molecule has 0 spiro atoms. The molecule has 0 radical (unpaired) electrons. The summed E-state index contributed by atoms with van der Waals surface area (Å²) in [5.41, 5.74) is 2.21. The van der Waals surface area contributed by atoms with Crippen molar-refractivity contribution in [3.05, 3.63) is 49.4 Å². The highest BCUT2D eigenvalue weighted by atomic mass is 127. The lowest BCUT2D eigenvalue weighted by Gasteiger charge is -2.08. The molecule has 24 heavy (non-hydrogen) atoms. The zero-order valence-electron chi connectivity index (χ0n) is 13.4. The van der Waals surface area contributed by atoms with E-state index >= 15 is 0 Å². The smallest absolute Gasteiger partial charge is 0.341 e. The Morgan fingerprint density at radius 1 is 1.17 bits per heavy atom. The Morgan fingerprint density at radius 3 is 2.67 bits per heavy atom. The summed E-state index contributed by atoms with van der Waals surface area (Å²) in [4.78, 5) is 26.1. The van der Waals surface area contributed by atoms with E-state index in [-0.39, 0.29) is 11.9 Å². The number of benzene rings is 1. The lowest BCUT2D eigenvalue weighted by atomic mass is 10.1. The van der Waals surface area contributed by atoms with Crippen molar-refractivity contribution in [3.8, 4) is 0 Å². The fourth-order valence-electron chi connectivity index (χ4n) is 2.96. The number of anilines is 1. The summed E-state index contributed by atoms with van der Waals surface area (Å²) in [6, 6.07) is 7.40. The fourth-order valence-corrected chi connectivity index (χ4v) is 4.87. The van der Waals surface area contributed by atoms with Gasteiger partial charge >= 0.3 is 5.97 Å². The van der Waals surface area contributed by atoms with Gasteiger partial charge in [-0.25, -0.2) is 4.79 Å². The Kier molecular flexibility index (Phi) is 5.55. The first-order valence-electron chi connectivity index (χ1n) is 7.90. The van der Waals surface area contributed by atoms with Crippen LogP contribution in [0, 0.1) is 3.57 Å². The van der Waals surface area contributed by atoms with Crippen LogP contribution in [0.1, 0.15) is 50.4 Å². The number of fused-ring (bicyclic) bond motifs is 1. The molecule has 1 amide bonds.